The van der Waals surface area contributed by atoms with Gasteiger partial charge in [-0.25, -0.2) is 4.39 Å². The monoisotopic (exact) mass is 256 g/mol. The van der Waals surface area contributed by atoms with Crippen LogP contribution in [0.3, 0.4) is 0 Å². The number of nitrogens with two attached hydrogens (primary N) is 1. The van der Waals surface area contributed by atoms with Crippen LogP contribution in [0.2, 0.25) is 0 Å². The summed E-state index contributed by atoms with van der Waals surface area (Å²) in [6.07, 6.45) is 2.53. The minimum atomic E-state index is -0.594. The van der Waals surface area contributed by atoms with Gasteiger partial charge >= 0.3 is 0 Å². The van der Waals surface area contributed by atoms with Crippen molar-refractivity contribution in [2.45, 2.75) is 19.4 Å². The van der Waals surface area contributed by atoms with E-state index in [1.807, 2.05) is 6.26 Å². The van der Waals surface area contributed by atoms with Crippen LogP contribution in [0.15, 0.2) is 18.2 Å². The molecule has 1 aromatic rings. The summed E-state index contributed by atoms with van der Waals surface area (Å²) in [7, 11) is 0. The number of amides is 1. The second-order valence-corrected chi connectivity index (χ2v) is 4.85. The Hall–Kier alpha value is -1.07. The van der Waals surface area contributed by atoms with Gasteiger partial charge in [-0.2, -0.15) is 11.8 Å². The predicted molar refractivity (Wildman–Crippen MR) is 70.7 cm³/mol. The number of benzene rings is 1. The smallest absolute Gasteiger partial charge is 0.241 e. The number of aryl methyl sites for hydroxylation is 1. The van der Waals surface area contributed by atoms with Gasteiger partial charge in [-0.15, -0.1) is 0 Å². The van der Waals surface area contributed by atoms with Crippen LogP contribution < -0.4 is 11.1 Å². The van der Waals surface area contributed by atoms with Crippen molar-refractivity contribution in [3.63, 3.8) is 0 Å². The van der Waals surface area contributed by atoms with Gasteiger partial charge in [-0.05, 0) is 43.0 Å². The van der Waals surface area contributed by atoms with Gasteiger partial charge in [-0.1, -0.05) is 6.07 Å². The summed E-state index contributed by atoms with van der Waals surface area (Å²) in [6, 6.07) is 4.07. The number of halogens is 1. The van der Waals surface area contributed by atoms with E-state index in [1.165, 1.54) is 6.07 Å². The molecule has 5 heteroatoms. The van der Waals surface area contributed by atoms with Gasteiger partial charge in [0.2, 0.25) is 5.91 Å². The molecule has 0 aliphatic rings. The van der Waals surface area contributed by atoms with Crippen molar-refractivity contribution in [3.8, 4) is 0 Å². The lowest BCUT2D eigenvalue weighted by molar-refractivity contribution is -0.117. The van der Waals surface area contributed by atoms with E-state index in [0.29, 0.717) is 6.42 Å². The highest BCUT2D eigenvalue weighted by Gasteiger charge is 2.14. The largest absolute Gasteiger partial charge is 0.322 e. The van der Waals surface area contributed by atoms with Gasteiger partial charge in [0.15, 0.2) is 0 Å². The van der Waals surface area contributed by atoms with Gasteiger partial charge in [0.25, 0.3) is 0 Å². The number of nitrogens with one attached hydrogen (secondary N) is 1. The number of thioether (sulfide) groups is 1. The molecule has 0 heterocycles. The van der Waals surface area contributed by atoms with Gasteiger partial charge in [0, 0.05) is 0 Å². The fraction of sp³-hybridized carbons (Fsp3) is 0.417. The molecule has 1 amide bonds. The Morgan fingerprint density at radius 3 is 2.88 bits per heavy atom. The SMILES string of the molecule is CSCC[C@H](N)C(=O)Nc1ccc(C)cc1F. The molecule has 0 aliphatic heterocycles. The van der Waals surface area contributed by atoms with Crippen LogP contribution in [0.5, 0.6) is 0 Å². The topological polar surface area (TPSA) is 55.1 Å². The number of hydrogen-bond acceptors (Lipinski definition) is 3. The lowest BCUT2D eigenvalue weighted by Gasteiger charge is -2.12. The first-order chi connectivity index (χ1) is 8.04. The lowest BCUT2D eigenvalue weighted by atomic mass is 10.2. The maximum absolute atomic E-state index is 13.5. The third-order valence-electron chi connectivity index (χ3n) is 2.35. The van der Waals surface area contributed by atoms with Crippen molar-refractivity contribution in [1.29, 1.82) is 0 Å². The highest BCUT2D eigenvalue weighted by atomic mass is 32.2. The quantitative estimate of drug-likeness (QED) is 0.848. The fourth-order valence-corrected chi connectivity index (χ4v) is 1.81. The van der Waals surface area contributed by atoms with E-state index in [1.54, 1.807) is 30.8 Å². The number of rotatable bonds is 5. The van der Waals surface area contributed by atoms with Crippen LogP contribution in [0.25, 0.3) is 0 Å². The van der Waals surface area contributed by atoms with Crippen LogP contribution in [0.4, 0.5) is 10.1 Å². The Morgan fingerprint density at radius 2 is 2.29 bits per heavy atom. The normalized spacial score (nSPS) is 12.2. The molecule has 1 atom stereocenters. The maximum atomic E-state index is 13.5. The van der Waals surface area contributed by atoms with Crippen molar-refractivity contribution < 1.29 is 9.18 Å². The van der Waals surface area contributed by atoms with Gasteiger partial charge in [0.05, 0.1) is 11.7 Å². The van der Waals surface area contributed by atoms with E-state index in [-0.39, 0.29) is 11.6 Å². The Bertz CT molecular complexity index is 398. The molecule has 0 unspecified atom stereocenters. The first-order valence-electron chi connectivity index (χ1n) is 5.36. The zero-order valence-electron chi connectivity index (χ0n) is 10.00. The van der Waals surface area contributed by atoms with Gasteiger partial charge in [-0.3, -0.25) is 4.79 Å². The van der Waals surface area contributed by atoms with Crippen LogP contribution in [0, 0.1) is 12.7 Å². The minimum Gasteiger partial charge on any atom is -0.322 e. The molecule has 17 heavy (non-hydrogen) atoms. The third-order valence-corrected chi connectivity index (χ3v) is 3.00. The molecule has 1 rings (SSSR count). The minimum absolute atomic E-state index is 0.181. The summed E-state index contributed by atoms with van der Waals surface area (Å²) in [5, 5.41) is 2.50. The van der Waals surface area contributed by atoms with E-state index < -0.39 is 11.9 Å². The predicted octanol–water partition coefficient (Wildman–Crippen LogP) is 2.15. The number of anilines is 1. The standard InChI is InChI=1S/C12H17FN2OS/c1-8-3-4-11(9(13)7-8)15-12(16)10(14)5-6-17-2/h3-4,7,10H,5-6,14H2,1-2H3,(H,15,16)/t10-/m0/s1. The van der Waals surface area contributed by atoms with Gasteiger partial charge in [0.1, 0.15) is 5.82 Å². The van der Waals surface area contributed by atoms with E-state index in [4.69, 9.17) is 5.73 Å². The summed E-state index contributed by atoms with van der Waals surface area (Å²) in [5.41, 5.74) is 6.68. The summed E-state index contributed by atoms with van der Waals surface area (Å²) in [4.78, 5) is 11.6. The maximum Gasteiger partial charge on any atom is 0.241 e. The van der Waals surface area contributed by atoms with Crippen LogP contribution in [-0.4, -0.2) is 24.0 Å². The number of carbonyl (C=O) groups excluding carboxylic acids is 1. The molecule has 0 saturated heterocycles. The van der Waals surface area contributed by atoms with E-state index in [9.17, 15) is 9.18 Å². The third kappa shape index (κ3) is 4.36. The molecule has 3 nitrogen and oxygen atoms in total. The van der Waals surface area contributed by atoms with E-state index >= 15 is 0 Å². The Morgan fingerprint density at radius 1 is 1.59 bits per heavy atom. The fourth-order valence-electron chi connectivity index (χ4n) is 1.32. The first-order valence-corrected chi connectivity index (χ1v) is 6.75. The molecule has 0 radical (unpaired) electrons. The number of carbonyl (C=O) groups is 1. The Balaban J connectivity index is 2.61. The second-order valence-electron chi connectivity index (χ2n) is 3.86. The molecule has 0 aromatic heterocycles. The molecule has 0 spiro atoms. The van der Waals surface area contributed by atoms with Crippen molar-refractivity contribution >= 4 is 23.4 Å². The summed E-state index contributed by atoms with van der Waals surface area (Å²) in [6.45, 7) is 1.79. The van der Waals surface area contributed by atoms with Crippen molar-refractivity contribution in [2.24, 2.45) is 5.73 Å². The molecule has 94 valence electrons. The van der Waals surface area contributed by atoms with Gasteiger partial charge < -0.3 is 11.1 Å². The Labute approximate surface area is 105 Å². The first kappa shape index (κ1) is 14.0. The number of hydrogen-bond donors (Lipinski definition) is 2. The summed E-state index contributed by atoms with van der Waals surface area (Å²) >= 11 is 1.62. The van der Waals surface area contributed by atoms with E-state index in [0.717, 1.165) is 11.3 Å². The van der Waals surface area contributed by atoms with Crippen LogP contribution >= 0.6 is 11.8 Å². The summed E-state index contributed by atoms with van der Waals surface area (Å²) in [5.74, 6) is 0.0301. The van der Waals surface area contributed by atoms with Crippen molar-refractivity contribution in [2.75, 3.05) is 17.3 Å². The summed E-state index contributed by atoms with van der Waals surface area (Å²) < 4.78 is 13.5. The zero-order chi connectivity index (χ0) is 12.8. The highest BCUT2D eigenvalue weighted by molar-refractivity contribution is 7.98. The Kier molecular flexibility index (Phi) is 5.44. The van der Waals surface area contributed by atoms with Crippen LogP contribution in [-0.2, 0) is 4.79 Å². The molecule has 0 bridgehead atoms. The second kappa shape index (κ2) is 6.61. The molecule has 1 aromatic carbocycles. The molecular formula is C12H17FN2OS. The molecule has 0 saturated carbocycles. The highest BCUT2D eigenvalue weighted by Crippen LogP contribution is 2.15. The average molecular weight is 256 g/mol. The average Bonchev–Trinajstić information content (AvgIpc) is 2.29. The molecule has 0 fully saturated rings. The molecule has 0 aliphatic carbocycles. The van der Waals surface area contributed by atoms with E-state index in [2.05, 4.69) is 5.32 Å². The van der Waals surface area contributed by atoms with Crippen molar-refractivity contribution in [3.05, 3.63) is 29.6 Å². The molecular weight excluding hydrogens is 239 g/mol. The lowest BCUT2D eigenvalue weighted by Crippen LogP contribution is -2.36. The zero-order valence-corrected chi connectivity index (χ0v) is 10.8. The molecule has 3 N–H and O–H groups in total. The van der Waals surface area contributed by atoms with Crippen molar-refractivity contribution in [1.82, 2.24) is 0 Å². The van der Waals surface area contributed by atoms with Crippen LogP contribution in [0.1, 0.15) is 12.0 Å².